The number of halogens is 1. The van der Waals surface area contributed by atoms with Crippen molar-refractivity contribution in [3.8, 4) is 5.75 Å². The SMILES string of the molecule is CCOc1ccc2[nH]c(=O)c(C(c3nnnn3C3CCCCC3)N3CCN(c4ccc(F)cc4)CC3)cc2c1. The molecule has 9 nitrogen and oxygen atoms in total. The van der Waals surface area contributed by atoms with E-state index in [-0.39, 0.29) is 17.4 Å². The van der Waals surface area contributed by atoms with Crippen LogP contribution in [-0.4, -0.2) is 62.9 Å². The highest BCUT2D eigenvalue weighted by Gasteiger charge is 2.34. The van der Waals surface area contributed by atoms with Crippen LogP contribution in [0.4, 0.5) is 10.1 Å². The van der Waals surface area contributed by atoms with E-state index in [1.165, 1.54) is 18.6 Å². The Morgan fingerprint density at radius 3 is 2.54 bits per heavy atom. The fourth-order valence-corrected chi connectivity index (χ4v) is 6.02. The lowest BCUT2D eigenvalue weighted by Gasteiger charge is -2.40. The highest BCUT2D eigenvalue weighted by molar-refractivity contribution is 5.80. The van der Waals surface area contributed by atoms with Crippen LogP contribution in [0.1, 0.15) is 62.5 Å². The number of aromatic nitrogens is 5. The van der Waals surface area contributed by atoms with Gasteiger partial charge in [0.25, 0.3) is 5.56 Å². The van der Waals surface area contributed by atoms with E-state index in [2.05, 4.69) is 30.3 Å². The first-order valence-corrected chi connectivity index (χ1v) is 13.9. The lowest BCUT2D eigenvalue weighted by Crippen LogP contribution is -2.49. The molecule has 1 saturated carbocycles. The van der Waals surface area contributed by atoms with Crippen LogP contribution in [0.3, 0.4) is 0 Å². The number of hydrogen-bond donors (Lipinski definition) is 1. The van der Waals surface area contributed by atoms with Gasteiger partial charge in [-0.25, -0.2) is 9.07 Å². The maximum Gasteiger partial charge on any atom is 0.253 e. The molecule has 0 amide bonds. The number of rotatable bonds is 7. The molecule has 2 aromatic heterocycles. The molecule has 10 heteroatoms. The number of H-pyrrole nitrogens is 1. The third kappa shape index (κ3) is 5.25. The molecule has 2 aromatic carbocycles. The number of tetrazole rings is 1. The van der Waals surface area contributed by atoms with Crippen LogP contribution in [0.25, 0.3) is 10.9 Å². The van der Waals surface area contributed by atoms with Gasteiger partial charge in [-0.2, -0.15) is 0 Å². The second-order valence-corrected chi connectivity index (χ2v) is 10.4. The smallest absolute Gasteiger partial charge is 0.253 e. The Morgan fingerprint density at radius 1 is 1.03 bits per heavy atom. The molecule has 0 radical (unpaired) electrons. The number of hydrogen-bond acceptors (Lipinski definition) is 7. The third-order valence-electron chi connectivity index (χ3n) is 8.00. The van der Waals surface area contributed by atoms with Crippen molar-refractivity contribution >= 4 is 16.6 Å². The summed E-state index contributed by atoms with van der Waals surface area (Å²) < 4.78 is 21.2. The predicted molar refractivity (Wildman–Crippen MR) is 148 cm³/mol. The number of nitrogens with zero attached hydrogens (tertiary/aromatic N) is 6. The number of anilines is 1. The van der Waals surface area contributed by atoms with Gasteiger partial charge in [0.05, 0.1) is 12.6 Å². The summed E-state index contributed by atoms with van der Waals surface area (Å²) in [4.78, 5) is 21.2. The summed E-state index contributed by atoms with van der Waals surface area (Å²) in [5.41, 5.74) is 2.24. The molecule has 6 rings (SSSR count). The second kappa shape index (κ2) is 11.1. The van der Waals surface area contributed by atoms with Gasteiger partial charge in [0, 0.05) is 48.3 Å². The van der Waals surface area contributed by atoms with Crippen molar-refractivity contribution in [3.63, 3.8) is 0 Å². The summed E-state index contributed by atoms with van der Waals surface area (Å²) >= 11 is 0. The number of fused-ring (bicyclic) bond motifs is 1. The largest absolute Gasteiger partial charge is 0.494 e. The first-order valence-electron chi connectivity index (χ1n) is 13.9. The summed E-state index contributed by atoms with van der Waals surface area (Å²) in [7, 11) is 0. The molecule has 1 atom stereocenters. The maximum absolute atomic E-state index is 13.6. The Bertz CT molecular complexity index is 1470. The van der Waals surface area contributed by atoms with E-state index in [1.54, 1.807) is 0 Å². The van der Waals surface area contributed by atoms with Crippen molar-refractivity contribution in [1.82, 2.24) is 30.1 Å². The van der Waals surface area contributed by atoms with Gasteiger partial charge in [-0.1, -0.05) is 19.3 Å². The Kier molecular flexibility index (Phi) is 7.28. The van der Waals surface area contributed by atoms with E-state index in [0.717, 1.165) is 61.1 Å². The molecule has 1 unspecified atom stereocenters. The van der Waals surface area contributed by atoms with Gasteiger partial charge in [0.15, 0.2) is 5.82 Å². The van der Waals surface area contributed by atoms with Gasteiger partial charge in [-0.05, 0) is 78.7 Å². The number of benzene rings is 2. The Morgan fingerprint density at radius 2 is 1.79 bits per heavy atom. The monoisotopic (exact) mass is 531 g/mol. The van der Waals surface area contributed by atoms with Crippen molar-refractivity contribution in [2.45, 2.75) is 51.1 Å². The van der Waals surface area contributed by atoms with Crippen LogP contribution in [0, 0.1) is 5.82 Å². The Labute approximate surface area is 226 Å². The molecule has 1 aliphatic heterocycles. The molecule has 1 saturated heterocycles. The van der Waals surface area contributed by atoms with E-state index in [0.29, 0.717) is 31.1 Å². The zero-order valence-electron chi connectivity index (χ0n) is 22.2. The van der Waals surface area contributed by atoms with Gasteiger partial charge in [-0.3, -0.25) is 9.69 Å². The highest BCUT2D eigenvalue weighted by Crippen LogP contribution is 2.34. The quantitative estimate of drug-likeness (QED) is 0.376. The van der Waals surface area contributed by atoms with Gasteiger partial charge >= 0.3 is 0 Å². The van der Waals surface area contributed by atoms with Gasteiger partial charge < -0.3 is 14.6 Å². The molecule has 2 aliphatic rings. The minimum atomic E-state index is -0.402. The average Bonchev–Trinajstić information content (AvgIpc) is 3.45. The predicted octanol–water partition coefficient (Wildman–Crippen LogP) is 4.47. The number of pyridine rings is 1. The number of ether oxygens (including phenoxy) is 1. The normalized spacial score (nSPS) is 17.9. The van der Waals surface area contributed by atoms with E-state index in [9.17, 15) is 9.18 Å². The van der Waals surface area contributed by atoms with Crippen LogP contribution in [-0.2, 0) is 0 Å². The minimum absolute atomic E-state index is 0.143. The Hall–Kier alpha value is -3.79. The van der Waals surface area contributed by atoms with E-state index >= 15 is 0 Å². The molecule has 2 fully saturated rings. The standard InChI is InChI=1S/C29H34FN7O2/c1-2-39-24-12-13-26-20(18-24)19-25(29(38)31-26)27(28-32-33-34-37(28)23-6-4-3-5-7-23)36-16-14-35(15-17-36)22-10-8-21(30)9-11-22/h8-13,18-19,23,27H,2-7,14-17H2,1H3,(H,31,38). The molecule has 39 heavy (non-hydrogen) atoms. The first kappa shape index (κ1) is 25.5. The summed E-state index contributed by atoms with van der Waals surface area (Å²) in [5, 5.41) is 14.0. The molecular weight excluding hydrogens is 497 g/mol. The molecular formula is C29H34FN7O2. The number of aromatic amines is 1. The van der Waals surface area contributed by atoms with Gasteiger partial charge in [0.2, 0.25) is 0 Å². The van der Waals surface area contributed by atoms with Crippen LogP contribution >= 0.6 is 0 Å². The van der Waals surface area contributed by atoms with Crippen LogP contribution in [0.2, 0.25) is 0 Å². The van der Waals surface area contributed by atoms with Gasteiger partial charge in [-0.15, -0.1) is 5.10 Å². The Balaban J connectivity index is 1.38. The van der Waals surface area contributed by atoms with Crippen molar-refractivity contribution in [2.75, 3.05) is 37.7 Å². The molecule has 3 heterocycles. The van der Waals surface area contributed by atoms with Crippen molar-refractivity contribution in [2.24, 2.45) is 0 Å². The second-order valence-electron chi connectivity index (χ2n) is 10.4. The molecule has 0 bridgehead atoms. The molecule has 4 aromatic rings. The maximum atomic E-state index is 13.6. The lowest BCUT2D eigenvalue weighted by atomic mass is 9.95. The summed E-state index contributed by atoms with van der Waals surface area (Å²) in [5.74, 6) is 1.23. The van der Waals surface area contributed by atoms with Crippen molar-refractivity contribution in [3.05, 3.63) is 76.1 Å². The van der Waals surface area contributed by atoms with Crippen molar-refractivity contribution in [1.29, 1.82) is 0 Å². The highest BCUT2D eigenvalue weighted by atomic mass is 19.1. The fourth-order valence-electron chi connectivity index (χ4n) is 6.02. The third-order valence-corrected chi connectivity index (χ3v) is 8.00. The number of piperazine rings is 1. The van der Waals surface area contributed by atoms with E-state index in [4.69, 9.17) is 4.74 Å². The van der Waals surface area contributed by atoms with E-state index in [1.807, 2.05) is 48.0 Å². The summed E-state index contributed by atoms with van der Waals surface area (Å²) in [6.07, 6.45) is 5.61. The van der Waals surface area contributed by atoms with Crippen LogP contribution in [0.15, 0.2) is 53.3 Å². The summed E-state index contributed by atoms with van der Waals surface area (Å²) in [6, 6.07) is 14.1. The zero-order valence-corrected chi connectivity index (χ0v) is 22.2. The zero-order chi connectivity index (χ0) is 26.8. The number of nitrogens with one attached hydrogen (secondary N) is 1. The molecule has 204 valence electrons. The lowest BCUT2D eigenvalue weighted by molar-refractivity contribution is 0.192. The first-order chi connectivity index (χ1) is 19.1. The van der Waals surface area contributed by atoms with Crippen LogP contribution < -0.4 is 15.2 Å². The summed E-state index contributed by atoms with van der Waals surface area (Å²) in [6.45, 7) is 5.42. The molecule has 0 spiro atoms. The molecule has 1 aliphatic carbocycles. The topological polar surface area (TPSA) is 92.2 Å². The molecule has 1 N–H and O–H groups in total. The minimum Gasteiger partial charge on any atom is -0.494 e. The average molecular weight is 532 g/mol. The van der Waals surface area contributed by atoms with Crippen LogP contribution in [0.5, 0.6) is 5.75 Å². The van der Waals surface area contributed by atoms with E-state index < -0.39 is 6.04 Å². The van der Waals surface area contributed by atoms with Gasteiger partial charge in [0.1, 0.15) is 17.6 Å². The van der Waals surface area contributed by atoms with Crippen molar-refractivity contribution < 1.29 is 9.13 Å². The fraction of sp³-hybridized carbons (Fsp3) is 0.448.